The number of thioether (sulfide) groups is 1. The van der Waals surface area contributed by atoms with E-state index in [9.17, 15) is 4.79 Å². The van der Waals surface area contributed by atoms with Crippen LogP contribution in [0.2, 0.25) is 0 Å². The van der Waals surface area contributed by atoms with Gasteiger partial charge in [0.25, 0.3) is 0 Å². The van der Waals surface area contributed by atoms with Gasteiger partial charge in [-0.15, -0.1) is 11.3 Å². The molecule has 3 aromatic heterocycles. The van der Waals surface area contributed by atoms with Crippen molar-refractivity contribution in [3.8, 4) is 0 Å². The summed E-state index contributed by atoms with van der Waals surface area (Å²) in [6, 6.07) is 3.72. The third kappa shape index (κ3) is 2.39. The molecule has 5 nitrogen and oxygen atoms in total. The third-order valence-corrected chi connectivity index (χ3v) is 4.55. The molecule has 0 radical (unpaired) electrons. The number of nitrogens with zero attached hydrogens (tertiary/aromatic N) is 4. The summed E-state index contributed by atoms with van der Waals surface area (Å²) in [4.78, 5) is 21.1. The molecule has 3 heterocycles. The van der Waals surface area contributed by atoms with Crippen LogP contribution in [0.15, 0.2) is 35.1 Å². The van der Waals surface area contributed by atoms with Gasteiger partial charge in [-0.1, -0.05) is 17.8 Å². The summed E-state index contributed by atoms with van der Waals surface area (Å²) in [5.74, 6) is 0.497. The number of Topliss-reactive ketones (excluding diaryl/α,β-unsaturated/α-hetero) is 1. The Labute approximate surface area is 117 Å². The van der Waals surface area contributed by atoms with Crippen molar-refractivity contribution in [2.24, 2.45) is 7.05 Å². The Morgan fingerprint density at radius 1 is 1.47 bits per heavy atom. The van der Waals surface area contributed by atoms with Crippen LogP contribution >= 0.6 is 23.1 Å². The van der Waals surface area contributed by atoms with Crippen LogP contribution in [0.25, 0.3) is 11.0 Å². The van der Waals surface area contributed by atoms with E-state index < -0.39 is 0 Å². The average Bonchev–Trinajstić information content (AvgIpc) is 3.07. The Kier molecular flexibility index (Phi) is 3.31. The number of carbonyl (C=O) groups excluding carboxylic acids is 1. The summed E-state index contributed by atoms with van der Waals surface area (Å²) >= 11 is 2.88. The maximum Gasteiger partial charge on any atom is 0.183 e. The zero-order valence-electron chi connectivity index (χ0n) is 10.1. The van der Waals surface area contributed by atoms with E-state index in [0.29, 0.717) is 5.75 Å². The molecule has 3 rings (SSSR count). The molecule has 96 valence electrons. The van der Waals surface area contributed by atoms with Gasteiger partial charge in [0, 0.05) is 7.05 Å². The van der Waals surface area contributed by atoms with Gasteiger partial charge in [0.05, 0.1) is 22.2 Å². The highest BCUT2D eigenvalue weighted by Crippen LogP contribution is 2.25. The molecule has 0 atom stereocenters. The highest BCUT2D eigenvalue weighted by atomic mass is 32.2. The first-order chi connectivity index (χ1) is 9.25. The molecule has 0 fully saturated rings. The first kappa shape index (κ1) is 12.3. The molecular formula is C12H10N4OS2. The molecule has 0 aliphatic rings. The predicted molar refractivity (Wildman–Crippen MR) is 75.7 cm³/mol. The number of aryl methyl sites for hydroxylation is 1. The van der Waals surface area contributed by atoms with Gasteiger partial charge in [-0.3, -0.25) is 9.48 Å². The zero-order valence-corrected chi connectivity index (χ0v) is 11.7. The third-order valence-electron chi connectivity index (χ3n) is 2.63. The van der Waals surface area contributed by atoms with Crippen LogP contribution in [0.5, 0.6) is 0 Å². The summed E-state index contributed by atoms with van der Waals surface area (Å²) in [5, 5.41) is 7.73. The van der Waals surface area contributed by atoms with Gasteiger partial charge >= 0.3 is 0 Å². The van der Waals surface area contributed by atoms with E-state index in [-0.39, 0.29) is 5.78 Å². The van der Waals surface area contributed by atoms with Crippen molar-refractivity contribution in [2.75, 3.05) is 5.75 Å². The van der Waals surface area contributed by atoms with E-state index in [1.807, 2.05) is 24.6 Å². The SMILES string of the molecule is Cn1ncc2c(SCC(=O)c3cccs3)ncnc21. The lowest BCUT2D eigenvalue weighted by Gasteiger charge is -2.00. The molecule has 0 bridgehead atoms. The topological polar surface area (TPSA) is 60.7 Å². The lowest BCUT2D eigenvalue weighted by atomic mass is 10.4. The van der Waals surface area contributed by atoms with Crippen molar-refractivity contribution in [1.29, 1.82) is 0 Å². The summed E-state index contributed by atoms with van der Waals surface area (Å²) < 4.78 is 1.70. The quantitative estimate of drug-likeness (QED) is 0.419. The Hall–Kier alpha value is -1.73. The monoisotopic (exact) mass is 290 g/mol. The molecule has 0 aromatic carbocycles. The second-order valence-electron chi connectivity index (χ2n) is 3.87. The number of rotatable bonds is 4. The van der Waals surface area contributed by atoms with Crippen LogP contribution in [-0.4, -0.2) is 31.3 Å². The number of aromatic nitrogens is 4. The molecule has 0 spiro atoms. The summed E-state index contributed by atoms with van der Waals surface area (Å²) in [5.41, 5.74) is 0.779. The minimum absolute atomic E-state index is 0.121. The molecule has 0 N–H and O–H groups in total. The second-order valence-corrected chi connectivity index (χ2v) is 5.79. The summed E-state index contributed by atoms with van der Waals surface area (Å²) in [7, 11) is 1.83. The molecule has 0 unspecified atom stereocenters. The minimum atomic E-state index is 0.121. The average molecular weight is 290 g/mol. The smallest absolute Gasteiger partial charge is 0.183 e. The van der Waals surface area contributed by atoms with E-state index in [0.717, 1.165) is 20.9 Å². The number of hydrogen-bond donors (Lipinski definition) is 0. The van der Waals surface area contributed by atoms with Crippen molar-refractivity contribution in [3.05, 3.63) is 34.9 Å². The van der Waals surface area contributed by atoms with E-state index in [1.165, 1.54) is 29.4 Å². The lowest BCUT2D eigenvalue weighted by molar-refractivity contribution is 0.102. The van der Waals surface area contributed by atoms with Crippen LogP contribution in [0.3, 0.4) is 0 Å². The second kappa shape index (κ2) is 5.10. The largest absolute Gasteiger partial charge is 0.292 e. The first-order valence-corrected chi connectivity index (χ1v) is 7.44. The summed E-state index contributed by atoms with van der Waals surface area (Å²) in [6.45, 7) is 0. The summed E-state index contributed by atoms with van der Waals surface area (Å²) in [6.07, 6.45) is 3.23. The van der Waals surface area contributed by atoms with Crippen molar-refractivity contribution >= 4 is 39.9 Å². The van der Waals surface area contributed by atoms with Gasteiger partial charge in [0.15, 0.2) is 11.4 Å². The van der Waals surface area contributed by atoms with Crippen molar-refractivity contribution in [3.63, 3.8) is 0 Å². The normalized spacial score (nSPS) is 11.0. The fourth-order valence-corrected chi connectivity index (χ4v) is 3.30. The number of thiophene rings is 1. The highest BCUT2D eigenvalue weighted by molar-refractivity contribution is 8.00. The fourth-order valence-electron chi connectivity index (χ4n) is 1.70. The molecule has 0 aliphatic carbocycles. The molecule has 3 aromatic rings. The Balaban J connectivity index is 1.81. The number of carbonyl (C=O) groups is 1. The maximum atomic E-state index is 11.9. The standard InChI is InChI=1S/C12H10N4OS2/c1-16-11-8(5-15-16)12(14-7-13-11)19-6-9(17)10-3-2-4-18-10/h2-5,7H,6H2,1H3. The number of fused-ring (bicyclic) bond motifs is 1. The number of ketones is 1. The zero-order chi connectivity index (χ0) is 13.2. The van der Waals surface area contributed by atoms with Crippen LogP contribution in [0, 0.1) is 0 Å². The van der Waals surface area contributed by atoms with E-state index >= 15 is 0 Å². The van der Waals surface area contributed by atoms with Crippen molar-refractivity contribution in [1.82, 2.24) is 19.7 Å². The van der Waals surface area contributed by atoms with E-state index in [4.69, 9.17) is 0 Å². The van der Waals surface area contributed by atoms with Gasteiger partial charge in [-0.25, -0.2) is 9.97 Å². The molecule has 19 heavy (non-hydrogen) atoms. The van der Waals surface area contributed by atoms with E-state index in [1.54, 1.807) is 10.9 Å². The van der Waals surface area contributed by atoms with Crippen LogP contribution in [-0.2, 0) is 7.05 Å². The van der Waals surface area contributed by atoms with Crippen LogP contribution in [0.4, 0.5) is 0 Å². The van der Waals surface area contributed by atoms with Gasteiger partial charge in [-0.2, -0.15) is 5.10 Å². The van der Waals surface area contributed by atoms with Gasteiger partial charge in [0.1, 0.15) is 11.4 Å². The van der Waals surface area contributed by atoms with Crippen LogP contribution < -0.4 is 0 Å². The fraction of sp³-hybridized carbons (Fsp3) is 0.167. The molecular weight excluding hydrogens is 280 g/mol. The molecule has 0 saturated heterocycles. The maximum absolute atomic E-state index is 11.9. The number of hydrogen-bond acceptors (Lipinski definition) is 6. The minimum Gasteiger partial charge on any atom is -0.292 e. The van der Waals surface area contributed by atoms with E-state index in [2.05, 4.69) is 15.1 Å². The van der Waals surface area contributed by atoms with Crippen molar-refractivity contribution < 1.29 is 4.79 Å². The van der Waals surface area contributed by atoms with Gasteiger partial charge in [0.2, 0.25) is 0 Å². The highest BCUT2D eigenvalue weighted by Gasteiger charge is 2.12. The molecule has 0 amide bonds. The molecule has 7 heteroatoms. The van der Waals surface area contributed by atoms with Crippen LogP contribution in [0.1, 0.15) is 9.67 Å². The Morgan fingerprint density at radius 2 is 2.37 bits per heavy atom. The first-order valence-electron chi connectivity index (χ1n) is 5.58. The molecule has 0 saturated carbocycles. The predicted octanol–water partition coefficient (Wildman–Crippen LogP) is 2.40. The lowest BCUT2D eigenvalue weighted by Crippen LogP contribution is -2.00. The van der Waals surface area contributed by atoms with Gasteiger partial charge in [-0.05, 0) is 11.4 Å². The van der Waals surface area contributed by atoms with Gasteiger partial charge < -0.3 is 0 Å². The Bertz CT molecular complexity index is 720. The Morgan fingerprint density at radius 3 is 3.16 bits per heavy atom. The van der Waals surface area contributed by atoms with Crippen molar-refractivity contribution in [2.45, 2.75) is 5.03 Å². The molecule has 0 aliphatic heterocycles.